The van der Waals surface area contributed by atoms with Crippen LogP contribution in [0.5, 0.6) is 0 Å². The molecular weight excluding hydrogens is 212 g/mol. The number of para-hydroxylation sites is 2. The van der Waals surface area contributed by atoms with Crippen molar-refractivity contribution in [1.82, 2.24) is 9.55 Å². The second-order valence-corrected chi connectivity index (χ2v) is 4.14. The summed E-state index contributed by atoms with van der Waals surface area (Å²) in [5.41, 5.74) is 7.75. The molecule has 0 bridgehead atoms. The van der Waals surface area contributed by atoms with E-state index in [-0.39, 0.29) is 0 Å². The summed E-state index contributed by atoms with van der Waals surface area (Å²) in [4.78, 5) is 4.61. The number of benzene rings is 1. The van der Waals surface area contributed by atoms with E-state index in [4.69, 9.17) is 5.73 Å². The van der Waals surface area contributed by atoms with E-state index in [0.717, 1.165) is 37.4 Å². The molecule has 0 amide bonds. The largest absolute Gasteiger partial charge is 0.356 e. The molecule has 1 heterocycles. The van der Waals surface area contributed by atoms with Gasteiger partial charge in [-0.1, -0.05) is 19.1 Å². The minimum Gasteiger partial charge on any atom is -0.356 e. The van der Waals surface area contributed by atoms with E-state index in [1.807, 2.05) is 6.07 Å². The first-order chi connectivity index (χ1) is 8.36. The van der Waals surface area contributed by atoms with Crippen LogP contribution in [0.1, 0.15) is 19.8 Å². The molecule has 4 nitrogen and oxygen atoms in total. The third-order valence-electron chi connectivity index (χ3n) is 2.77. The number of hydrogen-bond acceptors (Lipinski definition) is 3. The lowest BCUT2D eigenvalue weighted by molar-refractivity contribution is 0.698. The lowest BCUT2D eigenvalue weighted by Gasteiger charge is -2.09. The van der Waals surface area contributed by atoms with Crippen LogP contribution in [0, 0.1) is 0 Å². The zero-order valence-electron chi connectivity index (χ0n) is 10.3. The highest BCUT2D eigenvalue weighted by Crippen LogP contribution is 2.19. The Balaban J connectivity index is 2.29. The molecule has 4 heteroatoms. The molecule has 0 aliphatic carbocycles. The van der Waals surface area contributed by atoms with Crippen molar-refractivity contribution < 1.29 is 0 Å². The fourth-order valence-corrected chi connectivity index (χ4v) is 1.96. The SMILES string of the molecule is CCCn1c(NCCCN)nc2ccccc21. The van der Waals surface area contributed by atoms with Crippen molar-refractivity contribution in [3.05, 3.63) is 24.3 Å². The molecule has 0 spiro atoms. The van der Waals surface area contributed by atoms with Gasteiger partial charge in [0.15, 0.2) is 0 Å². The highest BCUT2D eigenvalue weighted by atomic mass is 15.2. The molecule has 0 aliphatic heterocycles. The van der Waals surface area contributed by atoms with Crippen LogP contribution in [-0.2, 0) is 6.54 Å². The fraction of sp³-hybridized carbons (Fsp3) is 0.462. The Hall–Kier alpha value is -1.55. The average molecular weight is 232 g/mol. The van der Waals surface area contributed by atoms with Crippen molar-refractivity contribution in [1.29, 1.82) is 0 Å². The van der Waals surface area contributed by atoms with E-state index >= 15 is 0 Å². The Morgan fingerprint density at radius 2 is 2.18 bits per heavy atom. The molecule has 3 N–H and O–H groups in total. The molecule has 0 aliphatic rings. The summed E-state index contributed by atoms with van der Waals surface area (Å²) in [6.07, 6.45) is 2.07. The third-order valence-corrected chi connectivity index (χ3v) is 2.77. The summed E-state index contributed by atoms with van der Waals surface area (Å²) in [5, 5.41) is 3.36. The summed E-state index contributed by atoms with van der Waals surface area (Å²) >= 11 is 0. The number of aromatic nitrogens is 2. The molecule has 1 aromatic carbocycles. The number of nitrogens with two attached hydrogens (primary N) is 1. The molecule has 0 unspecified atom stereocenters. The van der Waals surface area contributed by atoms with Crippen LogP contribution in [0.15, 0.2) is 24.3 Å². The van der Waals surface area contributed by atoms with Crippen LogP contribution >= 0.6 is 0 Å². The van der Waals surface area contributed by atoms with Crippen molar-refractivity contribution in [2.45, 2.75) is 26.3 Å². The molecule has 0 radical (unpaired) electrons. The number of nitrogens with one attached hydrogen (secondary N) is 1. The van der Waals surface area contributed by atoms with Gasteiger partial charge in [-0.3, -0.25) is 0 Å². The number of imidazole rings is 1. The molecule has 1 aromatic heterocycles. The summed E-state index contributed by atoms with van der Waals surface area (Å²) in [6.45, 7) is 4.76. The van der Waals surface area contributed by atoms with E-state index in [1.54, 1.807) is 0 Å². The van der Waals surface area contributed by atoms with E-state index in [1.165, 1.54) is 5.52 Å². The van der Waals surface area contributed by atoms with Crippen LogP contribution in [0.25, 0.3) is 11.0 Å². The smallest absolute Gasteiger partial charge is 0.203 e. The Morgan fingerprint density at radius 1 is 1.35 bits per heavy atom. The molecule has 92 valence electrons. The molecule has 0 saturated heterocycles. The number of aryl methyl sites for hydroxylation is 1. The second-order valence-electron chi connectivity index (χ2n) is 4.14. The van der Waals surface area contributed by atoms with Crippen LogP contribution in [-0.4, -0.2) is 22.6 Å². The summed E-state index contributed by atoms with van der Waals surface area (Å²) < 4.78 is 2.24. The Bertz CT molecular complexity index is 475. The average Bonchev–Trinajstić information content (AvgIpc) is 2.69. The van der Waals surface area contributed by atoms with Gasteiger partial charge < -0.3 is 15.6 Å². The number of hydrogen-bond donors (Lipinski definition) is 2. The minimum absolute atomic E-state index is 0.709. The predicted molar refractivity (Wildman–Crippen MR) is 72.2 cm³/mol. The molecule has 0 fully saturated rings. The number of nitrogens with zero attached hydrogens (tertiary/aromatic N) is 2. The molecule has 2 aromatic rings. The normalized spacial score (nSPS) is 10.9. The molecule has 17 heavy (non-hydrogen) atoms. The monoisotopic (exact) mass is 232 g/mol. The molecular formula is C13H20N4. The van der Waals surface area contributed by atoms with E-state index < -0.39 is 0 Å². The maximum Gasteiger partial charge on any atom is 0.203 e. The predicted octanol–water partition coefficient (Wildman–Crippen LogP) is 2.21. The summed E-state index contributed by atoms with van der Waals surface area (Å²) in [7, 11) is 0. The van der Waals surface area contributed by atoms with Crippen LogP contribution in [0.2, 0.25) is 0 Å². The van der Waals surface area contributed by atoms with Gasteiger partial charge in [-0.05, 0) is 31.5 Å². The molecule has 0 saturated carbocycles. The van der Waals surface area contributed by atoms with E-state index in [0.29, 0.717) is 6.54 Å². The topological polar surface area (TPSA) is 55.9 Å². The van der Waals surface area contributed by atoms with E-state index in [9.17, 15) is 0 Å². The Kier molecular flexibility index (Phi) is 3.98. The maximum absolute atomic E-state index is 5.50. The van der Waals surface area contributed by atoms with Crippen molar-refractivity contribution in [3.8, 4) is 0 Å². The zero-order valence-corrected chi connectivity index (χ0v) is 10.3. The van der Waals surface area contributed by atoms with Gasteiger partial charge in [0.2, 0.25) is 5.95 Å². The van der Waals surface area contributed by atoms with Crippen LogP contribution in [0.3, 0.4) is 0 Å². The third kappa shape index (κ3) is 2.58. The highest BCUT2D eigenvalue weighted by molar-refractivity contribution is 5.78. The molecule has 2 rings (SSSR count). The first kappa shape index (κ1) is 11.9. The lowest BCUT2D eigenvalue weighted by Crippen LogP contribution is -2.12. The summed E-state index contributed by atoms with van der Waals surface area (Å²) in [5.74, 6) is 0.960. The van der Waals surface area contributed by atoms with Gasteiger partial charge in [-0.15, -0.1) is 0 Å². The van der Waals surface area contributed by atoms with Crippen LogP contribution in [0.4, 0.5) is 5.95 Å². The van der Waals surface area contributed by atoms with Gasteiger partial charge in [0, 0.05) is 13.1 Å². The Labute approximate surface area is 102 Å². The fourth-order valence-electron chi connectivity index (χ4n) is 1.96. The highest BCUT2D eigenvalue weighted by Gasteiger charge is 2.08. The standard InChI is InChI=1S/C13H20N4/c1-2-10-17-12-7-4-3-6-11(12)16-13(17)15-9-5-8-14/h3-4,6-7H,2,5,8-10,14H2,1H3,(H,15,16). The van der Waals surface area contributed by atoms with Gasteiger partial charge >= 0.3 is 0 Å². The number of fused-ring (bicyclic) bond motifs is 1. The van der Waals surface area contributed by atoms with Gasteiger partial charge in [-0.2, -0.15) is 0 Å². The van der Waals surface area contributed by atoms with Crippen molar-refractivity contribution >= 4 is 17.0 Å². The van der Waals surface area contributed by atoms with Gasteiger partial charge in [0.25, 0.3) is 0 Å². The van der Waals surface area contributed by atoms with Crippen molar-refractivity contribution in [3.63, 3.8) is 0 Å². The maximum atomic E-state index is 5.50. The van der Waals surface area contributed by atoms with Gasteiger partial charge in [0.05, 0.1) is 11.0 Å². The summed E-state index contributed by atoms with van der Waals surface area (Å²) in [6, 6.07) is 8.25. The van der Waals surface area contributed by atoms with E-state index in [2.05, 4.69) is 40.0 Å². The quantitative estimate of drug-likeness (QED) is 0.751. The Morgan fingerprint density at radius 3 is 2.94 bits per heavy atom. The van der Waals surface area contributed by atoms with Crippen molar-refractivity contribution in [2.24, 2.45) is 5.73 Å². The minimum atomic E-state index is 0.709. The first-order valence-electron chi connectivity index (χ1n) is 6.26. The van der Waals surface area contributed by atoms with Gasteiger partial charge in [-0.25, -0.2) is 4.98 Å². The number of rotatable bonds is 6. The van der Waals surface area contributed by atoms with Gasteiger partial charge in [0.1, 0.15) is 0 Å². The second kappa shape index (κ2) is 5.68. The number of anilines is 1. The lowest BCUT2D eigenvalue weighted by atomic mass is 10.3. The van der Waals surface area contributed by atoms with Crippen LogP contribution < -0.4 is 11.1 Å². The first-order valence-corrected chi connectivity index (χ1v) is 6.26. The zero-order chi connectivity index (χ0) is 12.1. The molecule has 0 atom stereocenters. The van der Waals surface area contributed by atoms with Crippen molar-refractivity contribution in [2.75, 3.05) is 18.4 Å².